The maximum absolute atomic E-state index is 12.3. The highest BCUT2D eigenvalue weighted by Crippen LogP contribution is 2.12. The maximum Gasteiger partial charge on any atom is 0.323 e. The van der Waals surface area contributed by atoms with Crippen molar-refractivity contribution < 1.29 is 14.3 Å². The second-order valence-electron chi connectivity index (χ2n) is 5.26. The number of nitrogens with one attached hydrogen (secondary N) is 1. The third kappa shape index (κ3) is 5.43. The summed E-state index contributed by atoms with van der Waals surface area (Å²) in [5, 5.41) is 5.05. The topological polar surface area (TPSA) is 71.5 Å². The third-order valence-corrected chi connectivity index (χ3v) is 4.12. The van der Waals surface area contributed by atoms with Gasteiger partial charge >= 0.3 is 5.97 Å². The van der Waals surface area contributed by atoms with Crippen LogP contribution in [0.15, 0.2) is 41.9 Å². The number of rotatable bonds is 8. The lowest BCUT2D eigenvalue weighted by atomic mass is 10.0. The molecule has 0 unspecified atom stereocenters. The monoisotopic (exact) mass is 347 g/mol. The summed E-state index contributed by atoms with van der Waals surface area (Å²) in [7, 11) is 1.74. The number of thiazole rings is 1. The van der Waals surface area contributed by atoms with E-state index in [1.165, 1.54) is 11.3 Å². The smallest absolute Gasteiger partial charge is 0.323 e. The van der Waals surface area contributed by atoms with Crippen LogP contribution < -0.4 is 5.32 Å². The van der Waals surface area contributed by atoms with E-state index in [0.29, 0.717) is 18.2 Å². The maximum atomic E-state index is 12.3. The largest absolute Gasteiger partial charge is 0.465 e. The summed E-state index contributed by atoms with van der Waals surface area (Å²) >= 11 is 1.35. The molecule has 2 aromatic rings. The van der Waals surface area contributed by atoms with Gasteiger partial charge in [0.25, 0.3) is 0 Å². The molecule has 0 radical (unpaired) electrons. The van der Waals surface area contributed by atoms with Crippen LogP contribution in [-0.2, 0) is 20.7 Å². The molecule has 1 aromatic carbocycles. The molecular weight excluding hydrogens is 326 g/mol. The molecule has 1 heterocycles. The van der Waals surface area contributed by atoms with Gasteiger partial charge in [-0.25, -0.2) is 4.98 Å². The first-order valence-corrected chi connectivity index (χ1v) is 8.58. The molecule has 0 spiro atoms. The number of ether oxygens (including phenoxy) is 1. The van der Waals surface area contributed by atoms with E-state index in [9.17, 15) is 9.59 Å². The highest BCUT2D eigenvalue weighted by atomic mass is 32.1. The van der Waals surface area contributed by atoms with Crippen LogP contribution in [0.4, 0.5) is 5.13 Å². The van der Waals surface area contributed by atoms with Crippen molar-refractivity contribution in [2.45, 2.75) is 19.4 Å². The Morgan fingerprint density at radius 3 is 2.71 bits per heavy atom. The molecule has 6 nitrogen and oxygen atoms in total. The third-order valence-electron chi connectivity index (χ3n) is 3.43. The SMILES string of the molecule is CCOC(=O)[C@H](Cc1ccccc1)N(C)CC(=O)Nc1nccs1. The Kier molecular flexibility index (Phi) is 6.89. The van der Waals surface area contributed by atoms with Crippen molar-refractivity contribution in [2.24, 2.45) is 0 Å². The summed E-state index contributed by atoms with van der Waals surface area (Å²) in [6, 6.07) is 9.16. The lowest BCUT2D eigenvalue weighted by molar-refractivity contribution is -0.149. The van der Waals surface area contributed by atoms with Crippen LogP contribution in [0.2, 0.25) is 0 Å². The van der Waals surface area contributed by atoms with Crippen LogP contribution in [0.5, 0.6) is 0 Å². The van der Waals surface area contributed by atoms with Crippen molar-refractivity contribution in [3.8, 4) is 0 Å². The zero-order valence-electron chi connectivity index (χ0n) is 13.8. The number of hydrogen-bond donors (Lipinski definition) is 1. The van der Waals surface area contributed by atoms with Gasteiger partial charge in [0.1, 0.15) is 6.04 Å². The van der Waals surface area contributed by atoms with Crippen LogP contribution in [0.3, 0.4) is 0 Å². The standard InChI is InChI=1S/C17H21N3O3S/c1-3-23-16(22)14(11-13-7-5-4-6-8-13)20(2)12-15(21)19-17-18-9-10-24-17/h4-10,14H,3,11-12H2,1-2H3,(H,18,19,21)/t14-/m0/s1. The van der Waals surface area contributed by atoms with Crippen molar-refractivity contribution in [2.75, 3.05) is 25.5 Å². The normalized spacial score (nSPS) is 12.0. The number of aromatic nitrogens is 1. The molecule has 0 aliphatic heterocycles. The van der Waals surface area contributed by atoms with E-state index in [-0.39, 0.29) is 18.4 Å². The van der Waals surface area contributed by atoms with E-state index >= 15 is 0 Å². The average Bonchev–Trinajstić information content (AvgIpc) is 3.06. The Bertz CT molecular complexity index is 646. The summed E-state index contributed by atoms with van der Waals surface area (Å²) in [4.78, 5) is 30.1. The predicted molar refractivity (Wildman–Crippen MR) is 93.9 cm³/mol. The van der Waals surface area contributed by atoms with Crippen LogP contribution in [0.1, 0.15) is 12.5 Å². The minimum atomic E-state index is -0.519. The molecule has 24 heavy (non-hydrogen) atoms. The molecule has 1 atom stereocenters. The van der Waals surface area contributed by atoms with Crippen LogP contribution in [0.25, 0.3) is 0 Å². The molecule has 0 aliphatic carbocycles. The molecule has 1 amide bonds. The Labute approximate surface area is 145 Å². The van der Waals surface area contributed by atoms with Gasteiger partial charge in [-0.3, -0.25) is 14.5 Å². The quantitative estimate of drug-likeness (QED) is 0.741. The number of amides is 1. The average molecular weight is 347 g/mol. The molecule has 0 bridgehead atoms. The minimum absolute atomic E-state index is 0.0793. The lowest BCUT2D eigenvalue weighted by Crippen LogP contribution is -2.44. The van der Waals surface area contributed by atoms with E-state index < -0.39 is 6.04 Å². The second-order valence-corrected chi connectivity index (χ2v) is 6.15. The second kappa shape index (κ2) is 9.14. The van der Waals surface area contributed by atoms with Crippen LogP contribution in [-0.4, -0.2) is 48.0 Å². The summed E-state index contributed by atoms with van der Waals surface area (Å²) in [6.07, 6.45) is 2.11. The fourth-order valence-corrected chi connectivity index (χ4v) is 2.82. The zero-order chi connectivity index (χ0) is 17.4. The fourth-order valence-electron chi connectivity index (χ4n) is 2.28. The summed E-state index contributed by atoms with van der Waals surface area (Å²) < 4.78 is 5.16. The van der Waals surface area contributed by atoms with Gasteiger partial charge in [0.05, 0.1) is 13.2 Å². The number of anilines is 1. The lowest BCUT2D eigenvalue weighted by Gasteiger charge is -2.25. The zero-order valence-corrected chi connectivity index (χ0v) is 14.6. The van der Waals surface area contributed by atoms with Gasteiger partial charge in [0.15, 0.2) is 5.13 Å². The van der Waals surface area contributed by atoms with E-state index in [0.717, 1.165) is 5.56 Å². The summed E-state index contributed by atoms with van der Waals surface area (Å²) in [5.41, 5.74) is 1.02. The fraction of sp³-hybridized carbons (Fsp3) is 0.353. The van der Waals surface area contributed by atoms with Crippen molar-refractivity contribution in [1.82, 2.24) is 9.88 Å². The van der Waals surface area contributed by atoms with Gasteiger partial charge in [0, 0.05) is 11.6 Å². The number of carbonyl (C=O) groups excluding carboxylic acids is 2. The number of hydrogen-bond acceptors (Lipinski definition) is 6. The highest BCUT2D eigenvalue weighted by Gasteiger charge is 2.26. The number of likely N-dealkylation sites (N-methyl/N-ethyl adjacent to an activating group) is 1. The molecule has 0 fully saturated rings. The van der Waals surface area contributed by atoms with E-state index in [4.69, 9.17) is 4.74 Å². The molecule has 0 saturated heterocycles. The van der Waals surface area contributed by atoms with Gasteiger partial charge < -0.3 is 10.1 Å². The van der Waals surface area contributed by atoms with E-state index in [1.807, 2.05) is 30.3 Å². The Balaban J connectivity index is 2.01. The molecule has 1 aromatic heterocycles. The first-order valence-electron chi connectivity index (χ1n) is 7.70. The molecule has 0 saturated carbocycles. The number of esters is 1. The predicted octanol–water partition coefficient (Wildman–Crippen LogP) is 2.19. The van der Waals surface area contributed by atoms with Gasteiger partial charge in [0.2, 0.25) is 5.91 Å². The first kappa shape index (κ1) is 18.1. The van der Waals surface area contributed by atoms with Crippen molar-refractivity contribution in [1.29, 1.82) is 0 Å². The van der Waals surface area contributed by atoms with Crippen molar-refractivity contribution >= 4 is 28.3 Å². The summed E-state index contributed by atoms with van der Waals surface area (Å²) in [5.74, 6) is -0.541. The van der Waals surface area contributed by atoms with Crippen LogP contribution in [0, 0.1) is 0 Å². The number of benzene rings is 1. The highest BCUT2D eigenvalue weighted by molar-refractivity contribution is 7.13. The van der Waals surface area contributed by atoms with Gasteiger partial charge in [-0.1, -0.05) is 30.3 Å². The van der Waals surface area contributed by atoms with Gasteiger partial charge in [-0.2, -0.15) is 0 Å². The number of carbonyl (C=O) groups is 2. The summed E-state index contributed by atoms with van der Waals surface area (Å²) in [6.45, 7) is 2.16. The molecule has 7 heteroatoms. The molecule has 128 valence electrons. The van der Waals surface area contributed by atoms with Crippen LogP contribution >= 0.6 is 11.3 Å². The van der Waals surface area contributed by atoms with Crippen molar-refractivity contribution in [3.63, 3.8) is 0 Å². The Hall–Kier alpha value is -2.25. The molecular formula is C17H21N3O3S. The van der Waals surface area contributed by atoms with Gasteiger partial charge in [-0.05, 0) is 26.0 Å². The molecule has 1 N–H and O–H groups in total. The minimum Gasteiger partial charge on any atom is -0.465 e. The van der Waals surface area contributed by atoms with E-state index in [2.05, 4.69) is 10.3 Å². The van der Waals surface area contributed by atoms with Crippen molar-refractivity contribution in [3.05, 3.63) is 47.5 Å². The van der Waals surface area contributed by atoms with Gasteiger partial charge in [-0.15, -0.1) is 11.3 Å². The molecule has 2 rings (SSSR count). The first-order chi connectivity index (χ1) is 11.6. The number of nitrogens with zero attached hydrogens (tertiary/aromatic N) is 2. The Morgan fingerprint density at radius 1 is 1.33 bits per heavy atom. The van der Waals surface area contributed by atoms with E-state index in [1.54, 1.807) is 30.4 Å². The Morgan fingerprint density at radius 2 is 2.08 bits per heavy atom. The molecule has 0 aliphatic rings.